The summed E-state index contributed by atoms with van der Waals surface area (Å²) in [7, 11) is 0. The van der Waals surface area contributed by atoms with Crippen LogP contribution in [0.4, 0.5) is 5.69 Å². The lowest BCUT2D eigenvalue weighted by Crippen LogP contribution is -2.29. The minimum absolute atomic E-state index is 0.0865. The molecule has 2 rings (SSSR count). The molecular formula is C16H25BrN2. The lowest BCUT2D eigenvalue weighted by molar-refractivity contribution is 0.569. The molecule has 1 atom stereocenters. The predicted octanol–water partition coefficient (Wildman–Crippen LogP) is 4.48. The zero-order valence-electron chi connectivity index (χ0n) is 12.2. The molecule has 19 heavy (non-hydrogen) atoms. The lowest BCUT2D eigenvalue weighted by atomic mass is 10.0. The molecule has 0 aliphatic heterocycles. The van der Waals surface area contributed by atoms with E-state index in [0.717, 1.165) is 23.0 Å². The highest BCUT2D eigenvalue weighted by Gasteiger charge is 2.30. The summed E-state index contributed by atoms with van der Waals surface area (Å²) in [6.07, 6.45) is 3.88. The molecule has 1 saturated carbocycles. The van der Waals surface area contributed by atoms with Gasteiger partial charge in [0.25, 0.3) is 0 Å². The van der Waals surface area contributed by atoms with E-state index in [4.69, 9.17) is 5.73 Å². The molecule has 1 unspecified atom stereocenters. The smallest absolute Gasteiger partial charge is 0.0428 e. The number of hydrogen-bond donors (Lipinski definition) is 1. The number of benzene rings is 1. The van der Waals surface area contributed by atoms with E-state index in [9.17, 15) is 0 Å². The SMILES string of the molecule is CC(C)CCN(c1cc(Br)ccc1C(C)N)C1CC1. The highest BCUT2D eigenvalue weighted by Crippen LogP contribution is 2.37. The molecule has 2 nitrogen and oxygen atoms in total. The van der Waals surface area contributed by atoms with Crippen molar-refractivity contribution in [1.82, 2.24) is 0 Å². The van der Waals surface area contributed by atoms with Crippen LogP contribution >= 0.6 is 15.9 Å². The normalized spacial score (nSPS) is 16.7. The van der Waals surface area contributed by atoms with Crippen molar-refractivity contribution in [1.29, 1.82) is 0 Å². The first-order chi connectivity index (χ1) is 8.99. The van der Waals surface area contributed by atoms with Crippen LogP contribution in [0.15, 0.2) is 22.7 Å². The number of anilines is 1. The first-order valence-electron chi connectivity index (χ1n) is 7.30. The van der Waals surface area contributed by atoms with E-state index in [1.807, 2.05) is 0 Å². The number of nitrogens with two attached hydrogens (primary N) is 1. The van der Waals surface area contributed by atoms with Crippen molar-refractivity contribution >= 4 is 21.6 Å². The third kappa shape index (κ3) is 3.96. The van der Waals surface area contributed by atoms with Gasteiger partial charge < -0.3 is 10.6 Å². The maximum Gasteiger partial charge on any atom is 0.0428 e. The summed E-state index contributed by atoms with van der Waals surface area (Å²) in [5.41, 5.74) is 8.73. The van der Waals surface area contributed by atoms with Crippen LogP contribution in [-0.2, 0) is 0 Å². The van der Waals surface area contributed by atoms with Crippen molar-refractivity contribution in [2.75, 3.05) is 11.4 Å². The molecule has 0 bridgehead atoms. The molecule has 0 aromatic heterocycles. The van der Waals surface area contributed by atoms with E-state index in [1.54, 1.807) is 0 Å². The van der Waals surface area contributed by atoms with Gasteiger partial charge in [-0.2, -0.15) is 0 Å². The molecule has 0 radical (unpaired) electrons. The standard InChI is InChI=1S/C16H25BrN2/c1-11(2)8-9-19(14-5-6-14)16-10-13(17)4-7-15(16)12(3)18/h4,7,10-12,14H,5-6,8-9,18H2,1-3H3. The molecular weight excluding hydrogens is 300 g/mol. The Bertz CT molecular complexity index is 425. The second-order valence-electron chi connectivity index (χ2n) is 6.10. The van der Waals surface area contributed by atoms with Gasteiger partial charge in [-0.05, 0) is 49.8 Å². The molecule has 0 amide bonds. The van der Waals surface area contributed by atoms with Gasteiger partial charge in [0.15, 0.2) is 0 Å². The van der Waals surface area contributed by atoms with Crippen molar-refractivity contribution in [3.05, 3.63) is 28.2 Å². The van der Waals surface area contributed by atoms with Gasteiger partial charge in [-0.25, -0.2) is 0 Å². The molecule has 0 spiro atoms. The van der Waals surface area contributed by atoms with Crippen LogP contribution < -0.4 is 10.6 Å². The minimum Gasteiger partial charge on any atom is -0.368 e. The summed E-state index contributed by atoms with van der Waals surface area (Å²) in [5, 5.41) is 0. The maximum atomic E-state index is 6.14. The van der Waals surface area contributed by atoms with E-state index in [0.29, 0.717) is 0 Å². The number of rotatable bonds is 6. The molecule has 3 heteroatoms. The fraction of sp³-hybridized carbons (Fsp3) is 0.625. The highest BCUT2D eigenvalue weighted by atomic mass is 79.9. The van der Waals surface area contributed by atoms with Gasteiger partial charge in [-0.3, -0.25) is 0 Å². The molecule has 2 N–H and O–H groups in total. The van der Waals surface area contributed by atoms with Crippen LogP contribution in [0.2, 0.25) is 0 Å². The van der Waals surface area contributed by atoms with E-state index in [2.05, 4.69) is 59.8 Å². The average molecular weight is 325 g/mol. The third-order valence-corrected chi connectivity index (χ3v) is 4.22. The van der Waals surface area contributed by atoms with E-state index in [-0.39, 0.29) is 6.04 Å². The van der Waals surface area contributed by atoms with Crippen molar-refractivity contribution in [3.8, 4) is 0 Å². The van der Waals surface area contributed by atoms with Crippen LogP contribution in [0.3, 0.4) is 0 Å². The second-order valence-corrected chi connectivity index (χ2v) is 7.01. The topological polar surface area (TPSA) is 29.3 Å². The van der Waals surface area contributed by atoms with E-state index >= 15 is 0 Å². The zero-order valence-corrected chi connectivity index (χ0v) is 13.8. The van der Waals surface area contributed by atoms with Gasteiger partial charge in [-0.1, -0.05) is 35.8 Å². The van der Waals surface area contributed by atoms with Crippen LogP contribution in [0.1, 0.15) is 51.6 Å². The number of hydrogen-bond acceptors (Lipinski definition) is 2. The average Bonchev–Trinajstić information content (AvgIpc) is 3.13. The fourth-order valence-corrected chi connectivity index (χ4v) is 2.78. The Hall–Kier alpha value is -0.540. The molecule has 106 valence electrons. The Labute approximate surface area is 125 Å². The summed E-state index contributed by atoms with van der Waals surface area (Å²) >= 11 is 3.60. The number of halogens is 1. The fourth-order valence-electron chi connectivity index (χ4n) is 2.43. The number of nitrogens with zero attached hydrogens (tertiary/aromatic N) is 1. The largest absolute Gasteiger partial charge is 0.368 e. The first kappa shape index (κ1) is 14.9. The Morgan fingerprint density at radius 1 is 1.32 bits per heavy atom. The van der Waals surface area contributed by atoms with Gasteiger partial charge in [0.05, 0.1) is 0 Å². The highest BCUT2D eigenvalue weighted by molar-refractivity contribution is 9.10. The molecule has 1 aromatic rings. The molecule has 1 fully saturated rings. The summed E-state index contributed by atoms with van der Waals surface area (Å²) < 4.78 is 1.14. The summed E-state index contributed by atoms with van der Waals surface area (Å²) in [6.45, 7) is 7.79. The lowest BCUT2D eigenvalue weighted by Gasteiger charge is -2.29. The molecule has 1 aliphatic rings. The van der Waals surface area contributed by atoms with Crippen LogP contribution in [0.5, 0.6) is 0 Å². The van der Waals surface area contributed by atoms with Gasteiger partial charge in [-0.15, -0.1) is 0 Å². The van der Waals surface area contributed by atoms with Crippen molar-refractivity contribution < 1.29 is 0 Å². The Morgan fingerprint density at radius 3 is 2.53 bits per heavy atom. The van der Waals surface area contributed by atoms with E-state index in [1.165, 1.54) is 30.5 Å². The molecule has 1 aliphatic carbocycles. The van der Waals surface area contributed by atoms with Crippen LogP contribution in [-0.4, -0.2) is 12.6 Å². The van der Waals surface area contributed by atoms with Crippen molar-refractivity contribution in [3.63, 3.8) is 0 Å². The quantitative estimate of drug-likeness (QED) is 0.835. The van der Waals surface area contributed by atoms with Crippen molar-refractivity contribution in [2.45, 2.75) is 52.1 Å². The summed E-state index contributed by atoms with van der Waals surface area (Å²) in [5.74, 6) is 0.743. The van der Waals surface area contributed by atoms with E-state index < -0.39 is 0 Å². The molecule has 0 heterocycles. The van der Waals surface area contributed by atoms with Crippen LogP contribution in [0.25, 0.3) is 0 Å². The molecule has 0 saturated heterocycles. The minimum atomic E-state index is 0.0865. The van der Waals surface area contributed by atoms with Crippen molar-refractivity contribution in [2.24, 2.45) is 11.7 Å². The summed E-state index contributed by atoms with van der Waals surface area (Å²) in [6, 6.07) is 7.30. The van der Waals surface area contributed by atoms with Gasteiger partial charge >= 0.3 is 0 Å². The third-order valence-electron chi connectivity index (χ3n) is 3.73. The monoisotopic (exact) mass is 324 g/mol. The Morgan fingerprint density at radius 2 is 2.00 bits per heavy atom. The van der Waals surface area contributed by atoms with Gasteiger partial charge in [0, 0.05) is 28.8 Å². The Balaban J connectivity index is 2.26. The van der Waals surface area contributed by atoms with Crippen LogP contribution in [0, 0.1) is 5.92 Å². The summed E-state index contributed by atoms with van der Waals surface area (Å²) in [4.78, 5) is 2.57. The van der Waals surface area contributed by atoms with Gasteiger partial charge in [0.2, 0.25) is 0 Å². The first-order valence-corrected chi connectivity index (χ1v) is 8.10. The zero-order chi connectivity index (χ0) is 14.0. The second kappa shape index (κ2) is 6.27. The molecule has 1 aromatic carbocycles. The van der Waals surface area contributed by atoms with Gasteiger partial charge in [0.1, 0.15) is 0 Å². The maximum absolute atomic E-state index is 6.14. The predicted molar refractivity (Wildman–Crippen MR) is 86.6 cm³/mol. The Kier molecular flexibility index (Phi) is 4.91.